The quantitative estimate of drug-likeness (QED) is 0.732. The fourth-order valence-electron chi connectivity index (χ4n) is 2.03. The minimum atomic E-state index is -0.544. The molecule has 2 rings (SSSR count). The molecule has 1 aliphatic heterocycles. The van der Waals surface area contributed by atoms with Crippen molar-refractivity contribution < 1.29 is 9.59 Å². The largest absolute Gasteiger partial charge is 0.368 e. The molecule has 4 N–H and O–H groups in total. The maximum Gasteiger partial charge on any atom is 0.246 e. The van der Waals surface area contributed by atoms with E-state index in [0.29, 0.717) is 0 Å². The van der Waals surface area contributed by atoms with Gasteiger partial charge in [-0.3, -0.25) is 14.9 Å². The number of nitrogens with one attached hydrogen (secondary N) is 2. The molecule has 0 aromatic heterocycles. The molecule has 5 heteroatoms. The van der Waals surface area contributed by atoms with Crippen molar-refractivity contribution in [1.29, 1.82) is 0 Å². The molecule has 0 aliphatic carbocycles. The lowest BCUT2D eigenvalue weighted by atomic mass is 10.0. The van der Waals surface area contributed by atoms with Gasteiger partial charge in [-0.2, -0.15) is 0 Å². The molecule has 1 aromatic carbocycles. The molecular weight excluding hydrogens is 230 g/mol. The molecule has 96 valence electrons. The van der Waals surface area contributed by atoms with E-state index in [-0.39, 0.29) is 5.91 Å². The fourth-order valence-corrected chi connectivity index (χ4v) is 2.03. The van der Waals surface area contributed by atoms with E-state index >= 15 is 0 Å². The van der Waals surface area contributed by atoms with Crippen LogP contribution in [-0.4, -0.2) is 17.9 Å². The van der Waals surface area contributed by atoms with E-state index in [0.717, 1.165) is 23.2 Å². The lowest BCUT2D eigenvalue weighted by Gasteiger charge is -2.16. The third-order valence-electron chi connectivity index (χ3n) is 3.20. The van der Waals surface area contributed by atoms with Crippen molar-refractivity contribution in [2.75, 3.05) is 5.32 Å². The maximum atomic E-state index is 11.9. The van der Waals surface area contributed by atoms with Crippen LogP contribution in [0.2, 0.25) is 0 Å². The first-order chi connectivity index (χ1) is 8.52. The molecule has 0 bridgehead atoms. The number of rotatable bonds is 4. The van der Waals surface area contributed by atoms with E-state index in [1.54, 1.807) is 6.92 Å². The number of fused-ring (bicyclic) bond motifs is 1. The van der Waals surface area contributed by atoms with E-state index in [2.05, 4.69) is 17.6 Å². The van der Waals surface area contributed by atoms with Crippen molar-refractivity contribution in [2.24, 2.45) is 5.73 Å². The molecule has 5 nitrogen and oxygen atoms in total. The second-order valence-corrected chi connectivity index (χ2v) is 4.49. The van der Waals surface area contributed by atoms with Gasteiger partial charge in [0.15, 0.2) is 0 Å². The summed E-state index contributed by atoms with van der Waals surface area (Å²) in [6.07, 6.45) is 0.902. The number of amides is 2. The average molecular weight is 247 g/mol. The number of carbonyl (C=O) groups is 2. The Morgan fingerprint density at radius 1 is 1.56 bits per heavy atom. The van der Waals surface area contributed by atoms with Gasteiger partial charge in [0.2, 0.25) is 11.8 Å². The molecule has 1 heterocycles. The highest BCUT2D eigenvalue weighted by Crippen LogP contribution is 2.31. The van der Waals surface area contributed by atoms with Crippen LogP contribution in [0.5, 0.6) is 0 Å². The summed E-state index contributed by atoms with van der Waals surface area (Å²) in [4.78, 5) is 22.9. The summed E-state index contributed by atoms with van der Waals surface area (Å²) >= 11 is 0. The fraction of sp³-hybridized carbons (Fsp3) is 0.385. The zero-order chi connectivity index (χ0) is 13.3. The molecule has 1 aromatic rings. The van der Waals surface area contributed by atoms with Gasteiger partial charge in [-0.25, -0.2) is 0 Å². The van der Waals surface area contributed by atoms with Crippen LogP contribution in [0.15, 0.2) is 18.2 Å². The molecule has 2 atom stereocenters. The highest BCUT2D eigenvalue weighted by Gasteiger charge is 2.32. The van der Waals surface area contributed by atoms with E-state index in [9.17, 15) is 9.59 Å². The Kier molecular flexibility index (Phi) is 3.34. The molecule has 0 spiro atoms. The van der Waals surface area contributed by atoms with Crippen LogP contribution in [0.3, 0.4) is 0 Å². The number of hydrogen-bond donors (Lipinski definition) is 3. The van der Waals surface area contributed by atoms with Gasteiger partial charge in [0.1, 0.15) is 6.04 Å². The summed E-state index contributed by atoms with van der Waals surface area (Å²) in [5.74, 6) is -0.616. The molecule has 1 aliphatic rings. The Morgan fingerprint density at radius 2 is 2.28 bits per heavy atom. The number of hydrogen-bond acceptors (Lipinski definition) is 3. The van der Waals surface area contributed by atoms with Gasteiger partial charge in [-0.1, -0.05) is 19.1 Å². The van der Waals surface area contributed by atoms with Crippen LogP contribution < -0.4 is 16.4 Å². The van der Waals surface area contributed by atoms with Gasteiger partial charge in [0, 0.05) is 11.3 Å². The van der Waals surface area contributed by atoms with E-state index < -0.39 is 18.0 Å². The van der Waals surface area contributed by atoms with Crippen LogP contribution in [0.4, 0.5) is 5.69 Å². The maximum absolute atomic E-state index is 11.9. The molecule has 18 heavy (non-hydrogen) atoms. The van der Waals surface area contributed by atoms with Crippen LogP contribution in [0.25, 0.3) is 0 Å². The Hall–Kier alpha value is -1.88. The Morgan fingerprint density at radius 3 is 2.89 bits per heavy atom. The molecule has 0 fully saturated rings. The zero-order valence-corrected chi connectivity index (χ0v) is 10.5. The van der Waals surface area contributed by atoms with Gasteiger partial charge < -0.3 is 11.1 Å². The molecular formula is C13H17N3O2. The van der Waals surface area contributed by atoms with Crippen molar-refractivity contribution in [2.45, 2.75) is 32.4 Å². The summed E-state index contributed by atoms with van der Waals surface area (Å²) in [5, 5.41) is 5.74. The van der Waals surface area contributed by atoms with E-state index in [4.69, 9.17) is 5.73 Å². The number of carbonyl (C=O) groups excluding carboxylic acids is 2. The third kappa shape index (κ3) is 2.22. The standard InChI is InChI=1S/C13H17N3O2/c1-3-8-4-5-10-9(6-8)11(13(18)16-10)15-7(2)12(14)17/h4-7,11,15H,3H2,1-2H3,(H2,14,17)(H,16,18). The lowest BCUT2D eigenvalue weighted by Crippen LogP contribution is -2.42. The van der Waals surface area contributed by atoms with Crippen molar-refractivity contribution in [1.82, 2.24) is 5.32 Å². The number of anilines is 1. The van der Waals surface area contributed by atoms with Crippen molar-refractivity contribution in [3.63, 3.8) is 0 Å². The van der Waals surface area contributed by atoms with Gasteiger partial charge in [0.25, 0.3) is 0 Å². The van der Waals surface area contributed by atoms with E-state index in [1.165, 1.54) is 0 Å². The van der Waals surface area contributed by atoms with Crippen LogP contribution in [0.1, 0.15) is 31.0 Å². The molecule has 0 saturated heterocycles. The van der Waals surface area contributed by atoms with Gasteiger partial charge in [-0.15, -0.1) is 0 Å². The molecule has 0 radical (unpaired) electrons. The van der Waals surface area contributed by atoms with Crippen LogP contribution in [-0.2, 0) is 16.0 Å². The van der Waals surface area contributed by atoms with Crippen LogP contribution in [0, 0.1) is 0 Å². The minimum absolute atomic E-state index is 0.147. The third-order valence-corrected chi connectivity index (χ3v) is 3.20. The highest BCUT2D eigenvalue weighted by atomic mass is 16.2. The van der Waals surface area contributed by atoms with Crippen molar-refractivity contribution in [3.8, 4) is 0 Å². The van der Waals surface area contributed by atoms with Gasteiger partial charge in [-0.05, 0) is 25.0 Å². The Labute approximate surface area is 106 Å². The SMILES string of the molecule is CCc1ccc2c(c1)C(NC(C)C(N)=O)C(=O)N2. The lowest BCUT2D eigenvalue weighted by molar-refractivity contribution is -0.121. The first-order valence-corrected chi connectivity index (χ1v) is 6.02. The summed E-state index contributed by atoms with van der Waals surface area (Å²) in [6, 6.07) is 4.81. The molecule has 2 amide bonds. The summed E-state index contributed by atoms with van der Waals surface area (Å²) in [6.45, 7) is 3.71. The molecule has 2 unspecified atom stereocenters. The first-order valence-electron chi connectivity index (χ1n) is 6.02. The predicted molar refractivity (Wildman–Crippen MR) is 69.0 cm³/mol. The number of aryl methyl sites for hydroxylation is 1. The molecule has 0 saturated carbocycles. The van der Waals surface area contributed by atoms with Crippen LogP contribution >= 0.6 is 0 Å². The zero-order valence-electron chi connectivity index (χ0n) is 10.5. The normalized spacial score (nSPS) is 19.2. The Bertz CT molecular complexity index is 499. The number of primary amides is 1. The van der Waals surface area contributed by atoms with Crippen molar-refractivity contribution in [3.05, 3.63) is 29.3 Å². The van der Waals surface area contributed by atoms with Gasteiger partial charge in [0.05, 0.1) is 6.04 Å². The number of nitrogens with two attached hydrogens (primary N) is 1. The smallest absolute Gasteiger partial charge is 0.246 e. The summed E-state index contributed by atoms with van der Waals surface area (Å²) in [7, 11) is 0. The first kappa shape index (κ1) is 12.6. The van der Waals surface area contributed by atoms with Crippen molar-refractivity contribution >= 4 is 17.5 Å². The van der Waals surface area contributed by atoms with Gasteiger partial charge >= 0.3 is 0 Å². The average Bonchev–Trinajstić information content (AvgIpc) is 2.65. The second-order valence-electron chi connectivity index (χ2n) is 4.49. The summed E-state index contributed by atoms with van der Waals surface area (Å²) in [5.41, 5.74) is 8.04. The topological polar surface area (TPSA) is 84.2 Å². The number of benzene rings is 1. The monoisotopic (exact) mass is 247 g/mol. The summed E-state index contributed by atoms with van der Waals surface area (Å²) < 4.78 is 0. The highest BCUT2D eigenvalue weighted by molar-refractivity contribution is 6.03. The second kappa shape index (κ2) is 4.78. The Balaban J connectivity index is 2.28. The minimum Gasteiger partial charge on any atom is -0.368 e. The van der Waals surface area contributed by atoms with E-state index in [1.807, 2.05) is 18.2 Å². The predicted octanol–water partition coefficient (Wildman–Crippen LogP) is 0.706.